The number of carboxylic acid groups (broad SMARTS) is 1. The van der Waals surface area contributed by atoms with Crippen molar-refractivity contribution in [3.63, 3.8) is 0 Å². The molecule has 2 heterocycles. The molecule has 1 amide bonds. The molecule has 2 unspecified atom stereocenters. The van der Waals surface area contributed by atoms with Crippen LogP contribution in [0.1, 0.15) is 64.5 Å². The van der Waals surface area contributed by atoms with Gasteiger partial charge in [0.25, 0.3) is 9.05 Å². The highest BCUT2D eigenvalue weighted by Crippen LogP contribution is 2.40. The fraction of sp³-hybridized carbons (Fsp3) is 0.325. The lowest BCUT2D eigenvalue weighted by Gasteiger charge is -2.33. The molecule has 318 valence electrons. The summed E-state index contributed by atoms with van der Waals surface area (Å²) in [6, 6.07) is 20.5. The summed E-state index contributed by atoms with van der Waals surface area (Å²) in [5.41, 5.74) is 6.09. The van der Waals surface area contributed by atoms with Crippen LogP contribution < -0.4 is 5.32 Å². The summed E-state index contributed by atoms with van der Waals surface area (Å²) in [5.74, 6) is -2.50. The van der Waals surface area contributed by atoms with Crippen molar-refractivity contribution in [3.8, 4) is 0 Å². The Morgan fingerprint density at radius 2 is 1.14 bits per heavy atom. The number of carbonyl (C=O) groups is 3. The number of amides is 1. The second-order valence-electron chi connectivity index (χ2n) is 14.3. The normalized spacial score (nSPS) is 16.7. The van der Waals surface area contributed by atoms with Gasteiger partial charge in [-0.2, -0.15) is 0 Å². The van der Waals surface area contributed by atoms with Crippen molar-refractivity contribution in [2.75, 3.05) is 39.5 Å². The molecule has 0 spiro atoms. The summed E-state index contributed by atoms with van der Waals surface area (Å²) < 4.78 is 48.2. The van der Waals surface area contributed by atoms with Gasteiger partial charge in [-0.25, -0.2) is 16.8 Å². The zero-order valence-electron chi connectivity index (χ0n) is 31.8. The summed E-state index contributed by atoms with van der Waals surface area (Å²) in [6.07, 6.45) is -0.824. The van der Waals surface area contributed by atoms with Crippen LogP contribution in [-0.2, 0) is 46.4 Å². The fourth-order valence-corrected chi connectivity index (χ4v) is 10.1. The van der Waals surface area contributed by atoms with Crippen molar-refractivity contribution in [1.82, 2.24) is 15.1 Å². The molecule has 0 aliphatic carbocycles. The number of halogens is 6. The van der Waals surface area contributed by atoms with E-state index in [2.05, 4.69) is 15.1 Å². The Bertz CT molecular complexity index is 2420. The molecule has 59 heavy (non-hydrogen) atoms. The molecule has 19 heteroatoms. The first kappa shape index (κ1) is 48.7. The van der Waals surface area contributed by atoms with Crippen LogP contribution in [0.2, 0.25) is 20.1 Å². The first-order valence-corrected chi connectivity index (χ1v) is 23.4. The number of benzene rings is 4. The summed E-state index contributed by atoms with van der Waals surface area (Å²) in [4.78, 5) is 38.5. The number of nitrogens with zero attached hydrogens (tertiary/aromatic N) is 2. The van der Waals surface area contributed by atoms with E-state index in [0.29, 0.717) is 26.6 Å². The molecule has 2 N–H and O–H groups in total. The maximum Gasteiger partial charge on any atom is 0.303 e. The average Bonchev–Trinajstić information content (AvgIpc) is 3.15. The van der Waals surface area contributed by atoms with Gasteiger partial charge in [0.15, 0.2) is 15.6 Å². The molecule has 0 aromatic heterocycles. The molecule has 2 aliphatic rings. The van der Waals surface area contributed by atoms with Gasteiger partial charge < -0.3 is 20.2 Å². The Morgan fingerprint density at radius 3 is 1.56 bits per heavy atom. The number of carboxylic acids is 1. The van der Waals surface area contributed by atoms with Crippen molar-refractivity contribution in [1.29, 1.82) is 0 Å². The maximum atomic E-state index is 12.7. The molecule has 0 fully saturated rings. The van der Waals surface area contributed by atoms with Gasteiger partial charge in [0.1, 0.15) is 0 Å². The van der Waals surface area contributed by atoms with Crippen LogP contribution in [0.5, 0.6) is 0 Å². The smallest absolute Gasteiger partial charge is 0.303 e. The van der Waals surface area contributed by atoms with E-state index in [0.717, 1.165) is 53.0 Å². The SMILES string of the molecule is CN1Cc2c(Cl)cc(Cl)cc2C(c2ccc(S(=O)(=O)CCC(=O)NCC(=O)CCC(=O)O)cc2)C1.CN1Cc2c(Cl)cc(Cl)cc2C(c2ccc(S(=O)(=O)Cl)cc2)C1.Cl. The number of ketones is 1. The standard InChI is InChI=1S/C24H26Cl2N2O6S.C16H14Cl3NO2S.ClH/c1-28-13-20(19-10-16(25)11-22(26)21(19)14-28)15-2-5-18(6-3-15)35(33,34)9-8-23(30)27-12-17(29)4-7-24(31)32;1-20-8-14(10-2-4-12(5-3-10)23(19,21)22)13-6-11(17)7-16(18)15(13)9-20;/h2-3,5-6,10-11,20H,4,7-9,12-14H2,1H3,(H,27,30)(H,31,32);2-7,14H,8-9H2,1H3;1H. The molecule has 4 aromatic carbocycles. The molecule has 2 atom stereocenters. The zero-order chi connectivity index (χ0) is 42.5. The molecular formula is C40H41Cl6N3O8S2. The van der Waals surface area contributed by atoms with Crippen LogP contribution in [-0.4, -0.2) is 88.9 Å². The molecule has 4 aromatic rings. The lowest BCUT2D eigenvalue weighted by molar-refractivity contribution is -0.138. The van der Waals surface area contributed by atoms with Gasteiger partial charge in [0.2, 0.25) is 5.91 Å². The van der Waals surface area contributed by atoms with Gasteiger partial charge in [-0.15, -0.1) is 12.4 Å². The number of hydrogen-bond acceptors (Lipinski definition) is 9. The van der Waals surface area contributed by atoms with Gasteiger partial charge in [0.05, 0.1) is 28.5 Å². The van der Waals surface area contributed by atoms with Crippen LogP contribution in [0.15, 0.2) is 82.6 Å². The van der Waals surface area contributed by atoms with E-state index in [1.807, 2.05) is 26.2 Å². The second-order valence-corrected chi connectivity index (χ2v) is 20.6. The van der Waals surface area contributed by atoms with Gasteiger partial charge in [-0.3, -0.25) is 14.4 Å². The predicted octanol–water partition coefficient (Wildman–Crippen LogP) is 8.20. The van der Waals surface area contributed by atoms with Gasteiger partial charge in [-0.05, 0) is 96.0 Å². The lowest BCUT2D eigenvalue weighted by atomic mass is 9.85. The number of Topliss-reactive ketones (excluding diaryl/α,β-unsaturated/α-hetero) is 1. The number of hydrogen-bond donors (Lipinski definition) is 2. The highest BCUT2D eigenvalue weighted by Gasteiger charge is 2.29. The van der Waals surface area contributed by atoms with Crippen LogP contribution in [0, 0.1) is 0 Å². The van der Waals surface area contributed by atoms with E-state index in [9.17, 15) is 31.2 Å². The van der Waals surface area contributed by atoms with Crippen molar-refractivity contribution >= 4 is 106 Å². The number of fused-ring (bicyclic) bond motifs is 2. The highest BCUT2D eigenvalue weighted by molar-refractivity contribution is 8.13. The summed E-state index contributed by atoms with van der Waals surface area (Å²) in [6.45, 7) is 2.65. The fourth-order valence-electron chi connectivity index (χ4n) is 7.00. The molecule has 6 rings (SSSR count). The molecule has 0 bridgehead atoms. The molecule has 0 saturated carbocycles. The summed E-state index contributed by atoms with van der Waals surface area (Å²) in [7, 11) is 1.95. The van der Waals surface area contributed by atoms with E-state index in [4.69, 9.17) is 62.2 Å². The first-order valence-electron chi connectivity index (χ1n) is 17.9. The Hall–Kier alpha value is -2.95. The van der Waals surface area contributed by atoms with Crippen molar-refractivity contribution in [2.24, 2.45) is 0 Å². The number of carbonyl (C=O) groups excluding carboxylic acids is 2. The van der Waals surface area contributed by atoms with Crippen LogP contribution in [0.3, 0.4) is 0 Å². The molecule has 11 nitrogen and oxygen atoms in total. The number of aliphatic carboxylic acids is 1. The molecular weight excluding hydrogens is 927 g/mol. The largest absolute Gasteiger partial charge is 0.481 e. The van der Waals surface area contributed by atoms with Gasteiger partial charge in [0, 0.05) is 81.6 Å². The number of sulfone groups is 1. The third-order valence-electron chi connectivity index (χ3n) is 9.89. The van der Waals surface area contributed by atoms with Crippen molar-refractivity contribution in [3.05, 3.63) is 126 Å². The van der Waals surface area contributed by atoms with E-state index in [-0.39, 0.29) is 59.8 Å². The van der Waals surface area contributed by atoms with E-state index in [1.54, 1.807) is 36.4 Å². The topological polar surface area (TPSA) is 158 Å². The monoisotopic (exact) mass is 965 g/mol. The highest BCUT2D eigenvalue weighted by atomic mass is 35.7. The Morgan fingerprint density at radius 1 is 0.695 bits per heavy atom. The number of rotatable bonds is 12. The van der Waals surface area contributed by atoms with E-state index < -0.39 is 42.3 Å². The first-order chi connectivity index (χ1) is 27.2. The Labute approximate surface area is 374 Å². The molecule has 2 aliphatic heterocycles. The Kier molecular flexibility index (Phi) is 17.1. The van der Waals surface area contributed by atoms with Crippen LogP contribution >= 0.6 is 69.5 Å². The Balaban J connectivity index is 0.000000277. The van der Waals surface area contributed by atoms with Gasteiger partial charge >= 0.3 is 5.97 Å². The summed E-state index contributed by atoms with van der Waals surface area (Å²) >= 11 is 25.1. The van der Waals surface area contributed by atoms with Crippen LogP contribution in [0.4, 0.5) is 0 Å². The van der Waals surface area contributed by atoms with Crippen LogP contribution in [0.25, 0.3) is 0 Å². The zero-order valence-corrected chi connectivity index (χ0v) is 38.0. The average molecular weight is 969 g/mol. The molecule has 0 saturated heterocycles. The number of nitrogens with one attached hydrogen (secondary N) is 1. The van der Waals surface area contributed by atoms with Crippen molar-refractivity contribution < 1.29 is 36.3 Å². The van der Waals surface area contributed by atoms with Gasteiger partial charge in [-0.1, -0.05) is 70.7 Å². The minimum absolute atomic E-state index is 0. The minimum atomic E-state index is -3.72. The number of likely N-dealkylation sites (N-methyl/N-ethyl adjacent to an activating group) is 2. The summed E-state index contributed by atoms with van der Waals surface area (Å²) in [5, 5.41) is 13.3. The van der Waals surface area contributed by atoms with E-state index in [1.165, 1.54) is 24.3 Å². The third kappa shape index (κ3) is 13.0. The molecule has 0 radical (unpaired) electrons. The quantitative estimate of drug-likeness (QED) is 0.133. The predicted molar refractivity (Wildman–Crippen MR) is 234 cm³/mol. The lowest BCUT2D eigenvalue weighted by Crippen LogP contribution is -2.31. The van der Waals surface area contributed by atoms with Crippen molar-refractivity contribution in [2.45, 2.75) is 54.0 Å². The third-order valence-corrected chi connectivity index (χ3v) is 14.1. The minimum Gasteiger partial charge on any atom is -0.481 e. The second kappa shape index (κ2) is 20.7. The van der Waals surface area contributed by atoms with E-state index >= 15 is 0 Å². The maximum absolute atomic E-state index is 12.7.